The molecule has 0 radical (unpaired) electrons. The van der Waals surface area contributed by atoms with Crippen molar-refractivity contribution in [3.05, 3.63) is 24.2 Å². The van der Waals surface area contributed by atoms with E-state index in [1.165, 1.54) is 12.8 Å². The second-order valence-corrected chi connectivity index (χ2v) is 4.26. The zero-order chi connectivity index (χ0) is 10.4. The van der Waals surface area contributed by atoms with Crippen molar-refractivity contribution in [1.82, 2.24) is 0 Å². The predicted molar refractivity (Wildman–Crippen MR) is 59.2 cm³/mol. The van der Waals surface area contributed by atoms with E-state index in [2.05, 4.69) is 19.9 Å². The standard InChI is InChI=1S/C12H21NO/c1-10(2)5-6-11(7-8-13)12-4-3-9-14-12/h3-4,9-11H,5-8,13H2,1-2H3. The number of hydrogen-bond donors (Lipinski definition) is 1. The van der Waals surface area contributed by atoms with Crippen LogP contribution in [0.5, 0.6) is 0 Å². The smallest absolute Gasteiger partial charge is 0.106 e. The third kappa shape index (κ3) is 3.54. The van der Waals surface area contributed by atoms with Crippen molar-refractivity contribution in [3.63, 3.8) is 0 Å². The molecule has 1 aromatic rings. The molecule has 0 amide bonds. The van der Waals surface area contributed by atoms with Crippen molar-refractivity contribution in [2.75, 3.05) is 6.54 Å². The normalized spacial score (nSPS) is 13.4. The van der Waals surface area contributed by atoms with Crippen LogP contribution >= 0.6 is 0 Å². The van der Waals surface area contributed by atoms with Crippen molar-refractivity contribution >= 4 is 0 Å². The Morgan fingerprint density at radius 2 is 2.07 bits per heavy atom. The van der Waals surface area contributed by atoms with Gasteiger partial charge < -0.3 is 10.2 Å². The van der Waals surface area contributed by atoms with E-state index in [1.807, 2.05) is 6.07 Å². The van der Waals surface area contributed by atoms with Crippen LogP contribution in [-0.2, 0) is 0 Å². The molecule has 0 aliphatic carbocycles. The monoisotopic (exact) mass is 195 g/mol. The van der Waals surface area contributed by atoms with Crippen molar-refractivity contribution in [2.45, 2.75) is 39.0 Å². The molecule has 0 aliphatic heterocycles. The lowest BCUT2D eigenvalue weighted by Crippen LogP contribution is -2.07. The Bertz CT molecular complexity index is 228. The molecule has 2 heteroatoms. The molecule has 0 spiro atoms. The minimum atomic E-state index is 0.511. The minimum Gasteiger partial charge on any atom is -0.469 e. The summed E-state index contributed by atoms with van der Waals surface area (Å²) in [7, 11) is 0. The third-order valence-corrected chi connectivity index (χ3v) is 2.55. The Balaban J connectivity index is 2.47. The molecule has 0 fully saturated rings. The van der Waals surface area contributed by atoms with E-state index in [0.717, 1.165) is 24.6 Å². The maximum atomic E-state index is 5.60. The van der Waals surface area contributed by atoms with Gasteiger partial charge in [0, 0.05) is 5.92 Å². The molecular weight excluding hydrogens is 174 g/mol. The van der Waals surface area contributed by atoms with Gasteiger partial charge in [-0.2, -0.15) is 0 Å². The third-order valence-electron chi connectivity index (χ3n) is 2.55. The predicted octanol–water partition coefficient (Wildman–Crippen LogP) is 3.15. The van der Waals surface area contributed by atoms with E-state index < -0.39 is 0 Å². The van der Waals surface area contributed by atoms with Crippen LogP contribution in [0.1, 0.15) is 44.8 Å². The molecule has 14 heavy (non-hydrogen) atoms. The SMILES string of the molecule is CC(C)CCC(CCN)c1ccco1. The zero-order valence-electron chi connectivity index (χ0n) is 9.20. The quantitative estimate of drug-likeness (QED) is 0.757. The van der Waals surface area contributed by atoms with Gasteiger partial charge in [0.1, 0.15) is 5.76 Å². The molecule has 80 valence electrons. The van der Waals surface area contributed by atoms with Crippen molar-refractivity contribution in [3.8, 4) is 0 Å². The largest absolute Gasteiger partial charge is 0.469 e. The fourth-order valence-electron chi connectivity index (χ4n) is 1.69. The van der Waals surface area contributed by atoms with Gasteiger partial charge in [-0.1, -0.05) is 20.3 Å². The second-order valence-electron chi connectivity index (χ2n) is 4.26. The fraction of sp³-hybridized carbons (Fsp3) is 0.667. The lowest BCUT2D eigenvalue weighted by Gasteiger charge is -2.14. The number of nitrogens with two attached hydrogens (primary N) is 1. The Kier molecular flexibility index (Phi) is 4.74. The molecule has 1 rings (SSSR count). The summed E-state index contributed by atoms with van der Waals surface area (Å²) >= 11 is 0. The highest BCUT2D eigenvalue weighted by Gasteiger charge is 2.13. The first-order valence-corrected chi connectivity index (χ1v) is 5.47. The molecular formula is C12H21NO. The summed E-state index contributed by atoms with van der Waals surface area (Å²) in [6.07, 6.45) is 5.20. The summed E-state index contributed by atoms with van der Waals surface area (Å²) in [5, 5.41) is 0. The zero-order valence-corrected chi connectivity index (χ0v) is 9.20. The molecule has 1 unspecified atom stereocenters. The van der Waals surface area contributed by atoms with E-state index in [4.69, 9.17) is 10.2 Å². The highest BCUT2D eigenvalue weighted by atomic mass is 16.3. The van der Waals surface area contributed by atoms with Gasteiger partial charge in [0.05, 0.1) is 6.26 Å². The van der Waals surface area contributed by atoms with Crippen molar-refractivity contribution in [2.24, 2.45) is 11.7 Å². The first-order valence-electron chi connectivity index (χ1n) is 5.47. The van der Waals surface area contributed by atoms with E-state index in [0.29, 0.717) is 5.92 Å². The van der Waals surface area contributed by atoms with E-state index >= 15 is 0 Å². The number of furan rings is 1. The highest BCUT2D eigenvalue weighted by molar-refractivity contribution is 5.05. The first kappa shape index (κ1) is 11.3. The summed E-state index contributed by atoms with van der Waals surface area (Å²) in [6, 6.07) is 4.01. The molecule has 2 N–H and O–H groups in total. The summed E-state index contributed by atoms with van der Waals surface area (Å²) < 4.78 is 5.42. The lowest BCUT2D eigenvalue weighted by atomic mass is 9.93. The molecule has 0 saturated carbocycles. The number of hydrogen-bond acceptors (Lipinski definition) is 2. The summed E-state index contributed by atoms with van der Waals surface area (Å²) in [4.78, 5) is 0. The minimum absolute atomic E-state index is 0.511. The summed E-state index contributed by atoms with van der Waals surface area (Å²) in [5.74, 6) is 2.36. The molecule has 0 aliphatic rings. The van der Waals surface area contributed by atoms with Crippen molar-refractivity contribution < 1.29 is 4.42 Å². The number of rotatable bonds is 6. The Morgan fingerprint density at radius 3 is 2.57 bits per heavy atom. The molecule has 0 bridgehead atoms. The molecule has 0 saturated heterocycles. The van der Waals surface area contributed by atoms with E-state index in [-0.39, 0.29) is 0 Å². The Hall–Kier alpha value is -0.760. The van der Waals surface area contributed by atoms with Crippen LogP contribution in [0.2, 0.25) is 0 Å². The van der Waals surface area contributed by atoms with Gasteiger partial charge in [-0.3, -0.25) is 0 Å². The van der Waals surface area contributed by atoms with Gasteiger partial charge in [-0.05, 0) is 37.4 Å². The fourth-order valence-corrected chi connectivity index (χ4v) is 1.69. The average Bonchev–Trinajstić information content (AvgIpc) is 2.64. The van der Waals surface area contributed by atoms with Crippen LogP contribution in [-0.4, -0.2) is 6.54 Å². The molecule has 0 aromatic carbocycles. The molecule has 1 aromatic heterocycles. The topological polar surface area (TPSA) is 39.2 Å². The summed E-state index contributed by atoms with van der Waals surface area (Å²) in [5.41, 5.74) is 5.60. The van der Waals surface area contributed by atoms with Gasteiger partial charge in [-0.25, -0.2) is 0 Å². The Labute approximate surface area is 86.5 Å². The van der Waals surface area contributed by atoms with E-state index in [9.17, 15) is 0 Å². The Morgan fingerprint density at radius 1 is 1.29 bits per heavy atom. The average molecular weight is 195 g/mol. The van der Waals surface area contributed by atoms with Crippen LogP contribution in [0.25, 0.3) is 0 Å². The van der Waals surface area contributed by atoms with Crippen LogP contribution in [0.15, 0.2) is 22.8 Å². The highest BCUT2D eigenvalue weighted by Crippen LogP contribution is 2.26. The maximum Gasteiger partial charge on any atom is 0.106 e. The van der Waals surface area contributed by atoms with Crippen LogP contribution in [0.3, 0.4) is 0 Å². The van der Waals surface area contributed by atoms with Gasteiger partial charge in [0.15, 0.2) is 0 Å². The van der Waals surface area contributed by atoms with Crippen LogP contribution < -0.4 is 5.73 Å². The second kappa shape index (κ2) is 5.86. The summed E-state index contributed by atoms with van der Waals surface area (Å²) in [6.45, 7) is 5.24. The van der Waals surface area contributed by atoms with Crippen molar-refractivity contribution in [1.29, 1.82) is 0 Å². The molecule has 2 nitrogen and oxygen atoms in total. The first-order chi connectivity index (χ1) is 6.74. The van der Waals surface area contributed by atoms with E-state index in [1.54, 1.807) is 6.26 Å². The maximum absolute atomic E-state index is 5.60. The van der Waals surface area contributed by atoms with Crippen LogP contribution in [0, 0.1) is 5.92 Å². The van der Waals surface area contributed by atoms with Gasteiger partial charge in [0.2, 0.25) is 0 Å². The van der Waals surface area contributed by atoms with Gasteiger partial charge in [-0.15, -0.1) is 0 Å². The van der Waals surface area contributed by atoms with Gasteiger partial charge in [0.25, 0.3) is 0 Å². The molecule has 1 atom stereocenters. The lowest BCUT2D eigenvalue weighted by molar-refractivity contribution is 0.406. The van der Waals surface area contributed by atoms with Crippen LogP contribution in [0.4, 0.5) is 0 Å². The van der Waals surface area contributed by atoms with Gasteiger partial charge >= 0.3 is 0 Å². The molecule has 1 heterocycles.